The smallest absolute Gasteiger partial charge is 0.258 e. The minimum atomic E-state index is -0.302. The summed E-state index contributed by atoms with van der Waals surface area (Å²) >= 11 is 6.38. The molecule has 0 unspecified atom stereocenters. The van der Waals surface area contributed by atoms with E-state index in [9.17, 15) is 4.79 Å². The van der Waals surface area contributed by atoms with E-state index in [1.54, 1.807) is 6.07 Å². The molecule has 1 aromatic carbocycles. The predicted octanol–water partition coefficient (Wildman–Crippen LogP) is 3.92. The Hall–Kier alpha value is -1.46. The van der Waals surface area contributed by atoms with Crippen molar-refractivity contribution in [2.45, 2.75) is 66.1 Å². The summed E-state index contributed by atoms with van der Waals surface area (Å²) in [7, 11) is 0. The molecule has 0 aliphatic heterocycles. The Labute approximate surface area is 156 Å². The van der Waals surface area contributed by atoms with Gasteiger partial charge in [-0.3, -0.25) is 4.79 Å². The van der Waals surface area contributed by atoms with Crippen LogP contribution in [-0.2, 0) is 11.3 Å². The van der Waals surface area contributed by atoms with E-state index in [0.29, 0.717) is 29.7 Å². The van der Waals surface area contributed by atoms with Gasteiger partial charge in [-0.1, -0.05) is 11.6 Å². The van der Waals surface area contributed by atoms with Gasteiger partial charge in [0.15, 0.2) is 18.1 Å². The number of halogens is 1. The Morgan fingerprint density at radius 2 is 1.64 bits per heavy atom. The number of hydrogen-bond acceptors (Lipinski definition) is 4. The van der Waals surface area contributed by atoms with Crippen molar-refractivity contribution in [3.63, 3.8) is 0 Å². The second-order valence-electron chi connectivity index (χ2n) is 8.01. The van der Waals surface area contributed by atoms with Gasteiger partial charge in [-0.15, -0.1) is 0 Å². The molecule has 1 aromatic rings. The van der Waals surface area contributed by atoms with E-state index in [1.807, 2.05) is 33.8 Å². The summed E-state index contributed by atoms with van der Waals surface area (Å²) in [5.74, 6) is 0.862. The summed E-state index contributed by atoms with van der Waals surface area (Å²) in [4.78, 5) is 11.9. The normalized spacial score (nSPS) is 12.0. The van der Waals surface area contributed by atoms with Crippen molar-refractivity contribution < 1.29 is 14.3 Å². The van der Waals surface area contributed by atoms with Crippen LogP contribution in [0.3, 0.4) is 0 Å². The van der Waals surface area contributed by atoms with E-state index in [-0.39, 0.29) is 23.6 Å². The van der Waals surface area contributed by atoms with Gasteiger partial charge in [-0.05, 0) is 60.1 Å². The van der Waals surface area contributed by atoms with Gasteiger partial charge in [0.25, 0.3) is 5.91 Å². The van der Waals surface area contributed by atoms with Crippen LogP contribution in [0.2, 0.25) is 5.02 Å². The van der Waals surface area contributed by atoms with E-state index in [2.05, 4.69) is 31.4 Å². The fraction of sp³-hybridized carbons (Fsp3) is 0.632. The molecule has 6 heteroatoms. The fourth-order valence-corrected chi connectivity index (χ4v) is 2.27. The number of benzene rings is 1. The lowest BCUT2D eigenvalue weighted by atomic mass is 10.1. The van der Waals surface area contributed by atoms with Crippen LogP contribution in [0.4, 0.5) is 0 Å². The van der Waals surface area contributed by atoms with Crippen molar-refractivity contribution in [2.75, 3.05) is 13.2 Å². The highest BCUT2D eigenvalue weighted by Crippen LogP contribution is 2.34. The van der Waals surface area contributed by atoms with E-state index < -0.39 is 0 Å². The number of carbonyl (C=O) groups is 1. The summed E-state index contributed by atoms with van der Waals surface area (Å²) in [5, 5.41) is 6.83. The standard InChI is InChI=1S/C19H31ClN2O3/c1-8-24-15-9-13(11-21-18(2,3)4)14(20)10-16(15)25-12-17(23)22-19(5,6)7/h9-10,21H,8,11-12H2,1-7H3,(H,22,23). The monoisotopic (exact) mass is 370 g/mol. The van der Waals surface area contributed by atoms with E-state index in [0.717, 1.165) is 5.56 Å². The molecule has 0 radical (unpaired) electrons. The molecular formula is C19H31ClN2O3. The molecule has 0 saturated carbocycles. The van der Waals surface area contributed by atoms with Crippen LogP contribution in [0.15, 0.2) is 12.1 Å². The van der Waals surface area contributed by atoms with Crippen LogP contribution >= 0.6 is 11.6 Å². The number of nitrogens with one attached hydrogen (secondary N) is 2. The topological polar surface area (TPSA) is 59.6 Å². The Morgan fingerprint density at radius 1 is 1.04 bits per heavy atom. The SMILES string of the molecule is CCOc1cc(CNC(C)(C)C)c(Cl)cc1OCC(=O)NC(C)(C)C. The highest BCUT2D eigenvalue weighted by atomic mass is 35.5. The van der Waals surface area contributed by atoms with Crippen molar-refractivity contribution in [3.05, 3.63) is 22.7 Å². The van der Waals surface area contributed by atoms with Crippen LogP contribution in [0.25, 0.3) is 0 Å². The first-order valence-corrected chi connectivity index (χ1v) is 8.93. The molecule has 2 N–H and O–H groups in total. The second kappa shape index (κ2) is 8.77. The van der Waals surface area contributed by atoms with E-state index in [1.165, 1.54) is 0 Å². The van der Waals surface area contributed by atoms with E-state index in [4.69, 9.17) is 21.1 Å². The number of rotatable bonds is 7. The zero-order chi connectivity index (χ0) is 19.3. The minimum absolute atomic E-state index is 0.0185. The lowest BCUT2D eigenvalue weighted by molar-refractivity contribution is -0.124. The maximum absolute atomic E-state index is 11.9. The number of amides is 1. The molecule has 1 rings (SSSR count). The fourth-order valence-electron chi connectivity index (χ4n) is 2.05. The van der Waals surface area contributed by atoms with Crippen molar-refractivity contribution in [1.82, 2.24) is 10.6 Å². The Kier molecular flexibility index (Phi) is 7.57. The Bertz CT molecular complexity index is 590. The van der Waals surface area contributed by atoms with Gasteiger partial charge >= 0.3 is 0 Å². The average molecular weight is 371 g/mol. The van der Waals surface area contributed by atoms with Crippen molar-refractivity contribution in [1.29, 1.82) is 0 Å². The van der Waals surface area contributed by atoms with E-state index >= 15 is 0 Å². The summed E-state index contributed by atoms with van der Waals surface area (Å²) in [6.07, 6.45) is 0. The predicted molar refractivity (Wildman–Crippen MR) is 103 cm³/mol. The average Bonchev–Trinajstić information content (AvgIpc) is 2.43. The van der Waals surface area contributed by atoms with Gasteiger partial charge in [-0.2, -0.15) is 0 Å². The van der Waals surface area contributed by atoms with Gasteiger partial charge in [0.05, 0.1) is 6.61 Å². The second-order valence-corrected chi connectivity index (χ2v) is 8.42. The summed E-state index contributed by atoms with van der Waals surface area (Å²) < 4.78 is 11.3. The Balaban J connectivity index is 2.88. The largest absolute Gasteiger partial charge is 0.490 e. The molecule has 0 bridgehead atoms. The summed E-state index contributed by atoms with van der Waals surface area (Å²) in [6.45, 7) is 15.0. The highest BCUT2D eigenvalue weighted by molar-refractivity contribution is 6.31. The molecule has 0 aromatic heterocycles. The molecular weight excluding hydrogens is 340 g/mol. The van der Waals surface area contributed by atoms with Gasteiger partial charge in [0.1, 0.15) is 0 Å². The zero-order valence-corrected chi connectivity index (χ0v) is 17.1. The van der Waals surface area contributed by atoms with Crippen molar-refractivity contribution in [3.8, 4) is 11.5 Å². The molecule has 0 heterocycles. The van der Waals surface area contributed by atoms with Gasteiger partial charge in [0, 0.05) is 28.7 Å². The molecule has 0 spiro atoms. The molecule has 0 saturated heterocycles. The molecule has 1 amide bonds. The molecule has 0 fully saturated rings. The maximum Gasteiger partial charge on any atom is 0.258 e. The third-order valence-corrected chi connectivity index (χ3v) is 3.45. The van der Waals surface area contributed by atoms with Crippen LogP contribution in [-0.4, -0.2) is 30.2 Å². The van der Waals surface area contributed by atoms with Crippen LogP contribution in [0.1, 0.15) is 54.0 Å². The molecule has 0 aliphatic carbocycles. The van der Waals surface area contributed by atoms with Gasteiger partial charge < -0.3 is 20.1 Å². The first-order chi connectivity index (χ1) is 11.4. The number of ether oxygens (including phenoxy) is 2. The first-order valence-electron chi connectivity index (χ1n) is 8.55. The third-order valence-electron chi connectivity index (χ3n) is 3.09. The third kappa shape index (κ3) is 8.45. The molecule has 5 nitrogen and oxygen atoms in total. The number of carbonyl (C=O) groups excluding carboxylic acids is 1. The molecule has 0 aliphatic rings. The number of hydrogen-bond donors (Lipinski definition) is 2. The maximum atomic E-state index is 11.9. The molecule has 142 valence electrons. The quantitative estimate of drug-likeness (QED) is 0.763. The highest BCUT2D eigenvalue weighted by Gasteiger charge is 2.17. The molecule has 0 atom stereocenters. The first kappa shape index (κ1) is 21.6. The van der Waals surface area contributed by atoms with Crippen molar-refractivity contribution >= 4 is 17.5 Å². The molecule has 25 heavy (non-hydrogen) atoms. The lowest BCUT2D eigenvalue weighted by Gasteiger charge is -2.22. The van der Waals surface area contributed by atoms with Gasteiger partial charge in [0.2, 0.25) is 0 Å². The summed E-state index contributed by atoms with van der Waals surface area (Å²) in [5.41, 5.74) is 0.602. The summed E-state index contributed by atoms with van der Waals surface area (Å²) in [6, 6.07) is 3.57. The lowest BCUT2D eigenvalue weighted by Crippen LogP contribution is -2.43. The van der Waals surface area contributed by atoms with Crippen molar-refractivity contribution in [2.24, 2.45) is 0 Å². The van der Waals surface area contributed by atoms with Crippen LogP contribution < -0.4 is 20.1 Å². The van der Waals surface area contributed by atoms with Crippen LogP contribution in [0.5, 0.6) is 11.5 Å². The van der Waals surface area contributed by atoms with Gasteiger partial charge in [-0.25, -0.2) is 0 Å². The zero-order valence-electron chi connectivity index (χ0n) is 16.4. The minimum Gasteiger partial charge on any atom is -0.490 e. The van der Waals surface area contributed by atoms with Crippen LogP contribution in [0, 0.1) is 0 Å². The Morgan fingerprint density at radius 3 is 2.16 bits per heavy atom.